The Kier molecular flexibility index (Phi) is 7.50. The Labute approximate surface area is 188 Å². The first-order chi connectivity index (χ1) is 14.7. The molecule has 1 aliphatic heterocycles. The molecule has 1 saturated heterocycles. The zero-order valence-corrected chi connectivity index (χ0v) is 19.1. The number of hydrogen-bond donors (Lipinski definition) is 2. The first kappa shape index (κ1) is 23.8. The van der Waals surface area contributed by atoms with Gasteiger partial charge in [0.15, 0.2) is 0 Å². The third-order valence-electron chi connectivity index (χ3n) is 6.06. The zero-order valence-electron chi connectivity index (χ0n) is 18.3. The second kappa shape index (κ2) is 9.76. The number of aliphatic hydroxyl groups is 1. The van der Waals surface area contributed by atoms with Crippen LogP contribution < -0.4 is 5.32 Å². The van der Waals surface area contributed by atoms with Gasteiger partial charge in [0.25, 0.3) is 0 Å². The molecule has 5 atom stereocenters. The summed E-state index contributed by atoms with van der Waals surface area (Å²) in [6, 6.07) is 9.70. The average molecular weight is 454 g/mol. The van der Waals surface area contributed by atoms with E-state index in [0.29, 0.717) is 13.0 Å². The van der Waals surface area contributed by atoms with Crippen molar-refractivity contribution < 1.29 is 28.9 Å². The van der Waals surface area contributed by atoms with E-state index in [4.69, 9.17) is 25.8 Å². The van der Waals surface area contributed by atoms with E-state index >= 15 is 0 Å². The highest BCUT2D eigenvalue weighted by Gasteiger charge is 2.62. The summed E-state index contributed by atoms with van der Waals surface area (Å²) >= 11 is 6.96. The molecular formula is C23H32ClNO6. The summed E-state index contributed by atoms with van der Waals surface area (Å²) in [5.74, 6) is -0.799. The first-order valence-corrected chi connectivity index (χ1v) is 11.1. The topological polar surface area (TPSA) is 94.1 Å². The number of rotatable bonds is 7. The molecule has 1 aromatic carbocycles. The van der Waals surface area contributed by atoms with Gasteiger partial charge in [-0.1, -0.05) is 30.3 Å². The van der Waals surface area contributed by atoms with Crippen molar-refractivity contribution in [2.45, 2.75) is 56.7 Å². The van der Waals surface area contributed by atoms with Gasteiger partial charge >= 0.3 is 12.1 Å². The minimum absolute atomic E-state index is 0.0809. The summed E-state index contributed by atoms with van der Waals surface area (Å²) < 4.78 is 16.9. The fourth-order valence-corrected chi connectivity index (χ4v) is 5.38. The van der Waals surface area contributed by atoms with Gasteiger partial charge in [-0.3, -0.25) is 4.79 Å². The summed E-state index contributed by atoms with van der Waals surface area (Å²) in [5.41, 5.74) is -0.701. The van der Waals surface area contributed by atoms with Crippen molar-refractivity contribution in [1.82, 2.24) is 5.32 Å². The maximum Gasteiger partial charge on any atom is 0.408 e. The number of cyclic esters (lactones) is 1. The number of fused-ring (bicyclic) bond motifs is 1. The number of alkyl halides is 1. The Morgan fingerprint density at radius 2 is 2.00 bits per heavy atom. The van der Waals surface area contributed by atoms with Crippen molar-refractivity contribution >= 4 is 23.7 Å². The molecule has 0 aromatic heterocycles. The van der Waals surface area contributed by atoms with E-state index in [1.165, 1.54) is 0 Å². The molecular weight excluding hydrogens is 422 g/mol. The standard InChI is InChI=1S/C23H32ClNO6/c1-22(2,3)31-21(28)25-23(14-29-12-15-7-5-4-6-8-15)18(9-10-26)17-13-30-19(27)11-16(17)20(23)24/h4-8,16-18,20,26H,9-14H2,1-3H3,(H,25,28)/t16-,17+,18+,20-,23+/m0/s1. The average Bonchev–Trinajstić information content (AvgIpc) is 2.90. The molecule has 1 aliphatic carbocycles. The Morgan fingerprint density at radius 3 is 2.65 bits per heavy atom. The number of hydrogen-bond acceptors (Lipinski definition) is 6. The number of esters is 1. The Hall–Kier alpha value is -1.83. The van der Waals surface area contributed by atoms with E-state index in [2.05, 4.69) is 5.32 Å². The van der Waals surface area contributed by atoms with Gasteiger partial charge in [-0.2, -0.15) is 0 Å². The molecule has 1 heterocycles. The minimum atomic E-state index is -1.01. The van der Waals surface area contributed by atoms with E-state index < -0.39 is 22.6 Å². The van der Waals surface area contributed by atoms with Crippen LogP contribution >= 0.6 is 11.6 Å². The highest BCUT2D eigenvalue weighted by atomic mass is 35.5. The van der Waals surface area contributed by atoms with Gasteiger partial charge in [0.2, 0.25) is 0 Å². The molecule has 0 spiro atoms. The van der Waals surface area contributed by atoms with Crippen LogP contribution in [-0.4, -0.2) is 53.5 Å². The van der Waals surface area contributed by atoms with Gasteiger partial charge in [0.05, 0.1) is 37.2 Å². The largest absolute Gasteiger partial charge is 0.465 e. The number of benzene rings is 1. The second-order valence-corrected chi connectivity index (χ2v) is 9.85. The van der Waals surface area contributed by atoms with E-state index in [9.17, 15) is 14.7 Å². The Balaban J connectivity index is 1.88. The Bertz CT molecular complexity index is 767. The number of ether oxygens (including phenoxy) is 3. The molecule has 1 amide bonds. The summed E-state index contributed by atoms with van der Waals surface area (Å²) in [6.45, 7) is 5.97. The zero-order chi connectivity index (χ0) is 22.6. The number of aliphatic hydroxyl groups excluding tert-OH is 1. The summed E-state index contributed by atoms with van der Waals surface area (Å²) in [7, 11) is 0. The molecule has 1 aromatic rings. The number of halogens is 1. The fraction of sp³-hybridized carbons (Fsp3) is 0.652. The maximum absolute atomic E-state index is 12.8. The van der Waals surface area contributed by atoms with Gasteiger partial charge in [-0.25, -0.2) is 4.79 Å². The van der Waals surface area contributed by atoms with Crippen LogP contribution in [0.3, 0.4) is 0 Å². The fourth-order valence-electron chi connectivity index (χ4n) is 4.82. The highest BCUT2D eigenvalue weighted by Crippen LogP contribution is 2.52. The highest BCUT2D eigenvalue weighted by molar-refractivity contribution is 6.22. The monoisotopic (exact) mass is 453 g/mol. The van der Waals surface area contributed by atoms with Crippen molar-refractivity contribution in [2.24, 2.45) is 17.8 Å². The second-order valence-electron chi connectivity index (χ2n) is 9.38. The number of amides is 1. The number of alkyl carbamates (subject to hydrolysis) is 1. The molecule has 0 unspecified atom stereocenters. The van der Waals surface area contributed by atoms with Gasteiger partial charge in [-0.05, 0) is 44.6 Å². The van der Waals surface area contributed by atoms with E-state index in [1.807, 2.05) is 30.3 Å². The SMILES string of the molecule is CC(C)(C)OC(=O)N[C@]1(COCc2ccccc2)[C@H](CCO)[C@@H]2COC(=O)C[C@@H]2[C@@H]1Cl. The van der Waals surface area contributed by atoms with Gasteiger partial charge in [0.1, 0.15) is 5.60 Å². The third-order valence-corrected chi connectivity index (χ3v) is 6.77. The van der Waals surface area contributed by atoms with Crippen molar-refractivity contribution in [3.63, 3.8) is 0 Å². The molecule has 8 heteroatoms. The van der Waals surface area contributed by atoms with Gasteiger partial charge in [0, 0.05) is 12.5 Å². The minimum Gasteiger partial charge on any atom is -0.465 e. The molecule has 2 fully saturated rings. The molecule has 2 N–H and O–H groups in total. The van der Waals surface area contributed by atoms with Gasteiger partial charge in [-0.15, -0.1) is 11.6 Å². The van der Waals surface area contributed by atoms with Crippen molar-refractivity contribution in [2.75, 3.05) is 19.8 Å². The van der Waals surface area contributed by atoms with Crippen molar-refractivity contribution in [3.05, 3.63) is 35.9 Å². The molecule has 0 bridgehead atoms. The lowest BCUT2D eigenvalue weighted by Crippen LogP contribution is -2.61. The lowest BCUT2D eigenvalue weighted by Gasteiger charge is -2.40. The number of carbonyl (C=O) groups excluding carboxylic acids is 2. The van der Waals surface area contributed by atoms with Crippen LogP contribution in [0.25, 0.3) is 0 Å². The normalized spacial score (nSPS) is 30.4. The van der Waals surface area contributed by atoms with Gasteiger partial charge < -0.3 is 24.6 Å². The van der Waals surface area contributed by atoms with Crippen LogP contribution in [0.5, 0.6) is 0 Å². The van der Waals surface area contributed by atoms with Crippen molar-refractivity contribution in [1.29, 1.82) is 0 Å². The maximum atomic E-state index is 12.8. The van der Waals surface area contributed by atoms with E-state index in [-0.39, 0.29) is 50.0 Å². The van der Waals surface area contributed by atoms with Crippen LogP contribution in [0.15, 0.2) is 30.3 Å². The predicted octanol–water partition coefficient (Wildman–Crippen LogP) is 3.27. The predicted molar refractivity (Wildman–Crippen MR) is 116 cm³/mol. The molecule has 172 valence electrons. The summed E-state index contributed by atoms with van der Waals surface area (Å²) in [4.78, 5) is 24.8. The molecule has 7 nitrogen and oxygen atoms in total. The van der Waals surface area contributed by atoms with Crippen LogP contribution in [0, 0.1) is 17.8 Å². The van der Waals surface area contributed by atoms with Crippen LogP contribution in [0.2, 0.25) is 0 Å². The molecule has 31 heavy (non-hydrogen) atoms. The third kappa shape index (κ3) is 5.51. The first-order valence-electron chi connectivity index (χ1n) is 10.7. The molecule has 1 saturated carbocycles. The molecule has 0 radical (unpaired) electrons. The van der Waals surface area contributed by atoms with Crippen LogP contribution in [0.4, 0.5) is 4.79 Å². The van der Waals surface area contributed by atoms with Crippen LogP contribution in [0.1, 0.15) is 39.2 Å². The van der Waals surface area contributed by atoms with Crippen molar-refractivity contribution in [3.8, 4) is 0 Å². The van der Waals surface area contributed by atoms with E-state index in [0.717, 1.165) is 5.56 Å². The summed E-state index contributed by atoms with van der Waals surface area (Å²) in [6.07, 6.45) is -0.0285. The smallest absolute Gasteiger partial charge is 0.408 e. The lowest BCUT2D eigenvalue weighted by molar-refractivity contribution is -0.153. The quantitative estimate of drug-likeness (QED) is 0.486. The Morgan fingerprint density at radius 1 is 1.29 bits per heavy atom. The number of nitrogens with one attached hydrogen (secondary N) is 1. The summed E-state index contributed by atoms with van der Waals surface area (Å²) in [5, 5.41) is 12.2. The molecule has 2 aliphatic rings. The van der Waals surface area contributed by atoms with E-state index in [1.54, 1.807) is 20.8 Å². The lowest BCUT2D eigenvalue weighted by atomic mass is 9.80. The van der Waals surface area contributed by atoms with Crippen LogP contribution in [-0.2, 0) is 25.6 Å². The molecule has 3 rings (SSSR count). The number of carbonyl (C=O) groups is 2.